The Morgan fingerprint density at radius 1 is 1.43 bits per heavy atom. The Kier molecular flexibility index (Phi) is 3.69. The van der Waals surface area contributed by atoms with Gasteiger partial charge in [0, 0.05) is 13.5 Å². The largest absolute Gasteiger partial charge is 0.356 e. The van der Waals surface area contributed by atoms with Crippen LogP contribution in [0.15, 0.2) is 24.3 Å². The molecule has 0 heterocycles. The number of aryl methyl sites for hydroxylation is 1. The number of carbonyl (C=O) groups excluding carboxylic acids is 1. The van der Waals surface area contributed by atoms with Crippen LogP contribution >= 0.6 is 0 Å². The molecule has 1 rings (SSSR count). The van der Waals surface area contributed by atoms with Crippen molar-refractivity contribution in [1.82, 2.24) is 5.32 Å². The van der Waals surface area contributed by atoms with Crippen LogP contribution in [-0.2, 0) is 4.79 Å². The van der Waals surface area contributed by atoms with Gasteiger partial charge in [-0.2, -0.15) is 0 Å². The SMILES string of the molecule is CC(=O)NC[C@H](C)c1ccccc1C. The summed E-state index contributed by atoms with van der Waals surface area (Å²) < 4.78 is 0. The second-order valence-corrected chi connectivity index (χ2v) is 3.69. The molecular weight excluding hydrogens is 174 g/mol. The van der Waals surface area contributed by atoms with Crippen molar-refractivity contribution in [3.05, 3.63) is 35.4 Å². The van der Waals surface area contributed by atoms with Crippen LogP contribution in [0.4, 0.5) is 0 Å². The fourth-order valence-electron chi connectivity index (χ4n) is 1.55. The van der Waals surface area contributed by atoms with Crippen LogP contribution in [0.1, 0.15) is 30.9 Å². The van der Waals surface area contributed by atoms with E-state index in [9.17, 15) is 4.79 Å². The maximum absolute atomic E-state index is 10.8. The maximum Gasteiger partial charge on any atom is 0.216 e. The van der Waals surface area contributed by atoms with E-state index in [2.05, 4.69) is 31.3 Å². The lowest BCUT2D eigenvalue weighted by atomic mass is 9.96. The Morgan fingerprint density at radius 3 is 2.64 bits per heavy atom. The molecule has 1 amide bonds. The van der Waals surface area contributed by atoms with Crippen LogP contribution < -0.4 is 5.32 Å². The van der Waals surface area contributed by atoms with Gasteiger partial charge in [-0.1, -0.05) is 31.2 Å². The van der Waals surface area contributed by atoms with Gasteiger partial charge in [-0.3, -0.25) is 4.79 Å². The summed E-state index contributed by atoms with van der Waals surface area (Å²) in [6, 6.07) is 8.28. The van der Waals surface area contributed by atoms with Gasteiger partial charge in [0.2, 0.25) is 5.91 Å². The van der Waals surface area contributed by atoms with Crippen molar-refractivity contribution >= 4 is 5.91 Å². The van der Waals surface area contributed by atoms with E-state index in [0.29, 0.717) is 12.5 Å². The standard InChI is InChI=1S/C12H17NO/c1-9-6-4-5-7-12(9)10(2)8-13-11(3)14/h4-7,10H,8H2,1-3H3,(H,13,14)/t10-/m0/s1. The number of hydrogen-bond acceptors (Lipinski definition) is 1. The molecule has 1 aromatic rings. The molecule has 0 saturated heterocycles. The molecule has 1 N–H and O–H groups in total. The summed E-state index contributed by atoms with van der Waals surface area (Å²) in [5, 5.41) is 2.83. The molecule has 76 valence electrons. The number of rotatable bonds is 3. The quantitative estimate of drug-likeness (QED) is 0.780. The fourth-order valence-corrected chi connectivity index (χ4v) is 1.55. The number of hydrogen-bond donors (Lipinski definition) is 1. The van der Waals surface area contributed by atoms with Crippen molar-refractivity contribution in [2.24, 2.45) is 0 Å². The van der Waals surface area contributed by atoms with E-state index in [0.717, 1.165) is 0 Å². The van der Waals surface area contributed by atoms with E-state index in [-0.39, 0.29) is 5.91 Å². The summed E-state index contributed by atoms with van der Waals surface area (Å²) in [5.74, 6) is 0.408. The molecule has 14 heavy (non-hydrogen) atoms. The zero-order valence-corrected chi connectivity index (χ0v) is 9.00. The van der Waals surface area contributed by atoms with Gasteiger partial charge in [-0.25, -0.2) is 0 Å². The minimum atomic E-state index is 0.0328. The van der Waals surface area contributed by atoms with E-state index >= 15 is 0 Å². The van der Waals surface area contributed by atoms with E-state index in [1.807, 2.05) is 12.1 Å². The predicted molar refractivity (Wildman–Crippen MR) is 58.3 cm³/mol. The van der Waals surface area contributed by atoms with Gasteiger partial charge in [0.25, 0.3) is 0 Å². The summed E-state index contributed by atoms with van der Waals surface area (Å²) in [6.45, 7) is 6.47. The molecule has 2 heteroatoms. The summed E-state index contributed by atoms with van der Waals surface area (Å²) >= 11 is 0. The predicted octanol–water partition coefficient (Wildman–Crippen LogP) is 2.23. The van der Waals surface area contributed by atoms with Gasteiger partial charge < -0.3 is 5.32 Å². The lowest BCUT2D eigenvalue weighted by Crippen LogP contribution is -2.24. The van der Waals surface area contributed by atoms with Crippen LogP contribution in [0.25, 0.3) is 0 Å². The second kappa shape index (κ2) is 4.80. The third-order valence-corrected chi connectivity index (χ3v) is 2.38. The van der Waals surface area contributed by atoms with E-state index in [1.54, 1.807) is 6.92 Å². The molecule has 0 radical (unpaired) electrons. The highest BCUT2D eigenvalue weighted by molar-refractivity contribution is 5.72. The number of amides is 1. The molecule has 0 aromatic heterocycles. The Hall–Kier alpha value is -1.31. The van der Waals surface area contributed by atoms with E-state index in [4.69, 9.17) is 0 Å². The minimum absolute atomic E-state index is 0.0328. The normalized spacial score (nSPS) is 12.2. The lowest BCUT2D eigenvalue weighted by molar-refractivity contribution is -0.119. The first-order chi connectivity index (χ1) is 6.61. The van der Waals surface area contributed by atoms with Gasteiger partial charge in [0.15, 0.2) is 0 Å². The third-order valence-electron chi connectivity index (χ3n) is 2.38. The van der Waals surface area contributed by atoms with Crippen molar-refractivity contribution in [3.63, 3.8) is 0 Å². The fraction of sp³-hybridized carbons (Fsp3) is 0.417. The van der Waals surface area contributed by atoms with Gasteiger partial charge >= 0.3 is 0 Å². The molecule has 1 atom stereocenters. The lowest BCUT2D eigenvalue weighted by Gasteiger charge is -2.14. The Labute approximate surface area is 85.3 Å². The van der Waals surface area contributed by atoms with Crippen LogP contribution in [0.2, 0.25) is 0 Å². The Bertz CT molecular complexity index is 320. The zero-order chi connectivity index (χ0) is 10.6. The Balaban J connectivity index is 2.65. The topological polar surface area (TPSA) is 29.1 Å². The van der Waals surface area contributed by atoms with Crippen LogP contribution in [0.5, 0.6) is 0 Å². The molecule has 0 aliphatic rings. The van der Waals surface area contributed by atoms with Gasteiger partial charge in [0.05, 0.1) is 0 Å². The van der Waals surface area contributed by atoms with Gasteiger partial charge in [0.1, 0.15) is 0 Å². The van der Waals surface area contributed by atoms with Crippen molar-refractivity contribution in [1.29, 1.82) is 0 Å². The van der Waals surface area contributed by atoms with Gasteiger partial charge in [-0.05, 0) is 24.0 Å². The molecule has 1 aromatic carbocycles. The monoisotopic (exact) mass is 191 g/mol. The van der Waals surface area contributed by atoms with Crippen LogP contribution in [-0.4, -0.2) is 12.5 Å². The van der Waals surface area contributed by atoms with Crippen molar-refractivity contribution in [3.8, 4) is 0 Å². The summed E-state index contributed by atoms with van der Waals surface area (Å²) in [7, 11) is 0. The number of carbonyl (C=O) groups is 1. The molecule has 0 aliphatic carbocycles. The maximum atomic E-state index is 10.8. The smallest absolute Gasteiger partial charge is 0.216 e. The summed E-state index contributed by atoms with van der Waals surface area (Å²) in [4.78, 5) is 10.8. The summed E-state index contributed by atoms with van der Waals surface area (Å²) in [5.41, 5.74) is 2.59. The van der Waals surface area contributed by atoms with Crippen LogP contribution in [0.3, 0.4) is 0 Å². The first kappa shape index (κ1) is 10.8. The van der Waals surface area contributed by atoms with Crippen molar-refractivity contribution in [2.45, 2.75) is 26.7 Å². The summed E-state index contributed by atoms with van der Waals surface area (Å²) in [6.07, 6.45) is 0. The average Bonchev–Trinajstić information content (AvgIpc) is 2.15. The van der Waals surface area contributed by atoms with Crippen molar-refractivity contribution < 1.29 is 4.79 Å². The Morgan fingerprint density at radius 2 is 2.07 bits per heavy atom. The third kappa shape index (κ3) is 2.87. The highest BCUT2D eigenvalue weighted by Gasteiger charge is 2.07. The molecule has 2 nitrogen and oxygen atoms in total. The molecule has 0 bridgehead atoms. The first-order valence-corrected chi connectivity index (χ1v) is 4.91. The highest BCUT2D eigenvalue weighted by Crippen LogP contribution is 2.17. The number of benzene rings is 1. The number of nitrogens with one attached hydrogen (secondary N) is 1. The molecule has 0 unspecified atom stereocenters. The molecular formula is C12H17NO. The molecule has 0 aliphatic heterocycles. The first-order valence-electron chi connectivity index (χ1n) is 4.91. The van der Waals surface area contributed by atoms with Crippen molar-refractivity contribution in [2.75, 3.05) is 6.54 Å². The minimum Gasteiger partial charge on any atom is -0.356 e. The van der Waals surface area contributed by atoms with Crippen LogP contribution in [0, 0.1) is 6.92 Å². The average molecular weight is 191 g/mol. The molecule has 0 spiro atoms. The molecule has 0 saturated carbocycles. The highest BCUT2D eigenvalue weighted by atomic mass is 16.1. The zero-order valence-electron chi connectivity index (χ0n) is 9.00. The second-order valence-electron chi connectivity index (χ2n) is 3.69. The molecule has 0 fully saturated rings. The van der Waals surface area contributed by atoms with E-state index < -0.39 is 0 Å². The van der Waals surface area contributed by atoms with Gasteiger partial charge in [-0.15, -0.1) is 0 Å². The van der Waals surface area contributed by atoms with E-state index in [1.165, 1.54) is 11.1 Å².